The van der Waals surface area contributed by atoms with Crippen LogP contribution >= 0.6 is 0 Å². The van der Waals surface area contributed by atoms with Crippen molar-refractivity contribution in [3.8, 4) is 0 Å². The zero-order valence-corrected chi connectivity index (χ0v) is 11.0. The van der Waals surface area contributed by atoms with E-state index < -0.39 is 18.9 Å². The van der Waals surface area contributed by atoms with Crippen LogP contribution in [0.25, 0.3) is 0 Å². The first-order valence-corrected chi connectivity index (χ1v) is 5.96. The Labute approximate surface area is 111 Å². The molecule has 0 fully saturated rings. The molecule has 19 heavy (non-hydrogen) atoms. The highest BCUT2D eigenvalue weighted by atomic mass is 19.3. The normalized spacial score (nSPS) is 10.6. The van der Waals surface area contributed by atoms with E-state index in [0.717, 1.165) is 16.2 Å². The molecule has 6 heteroatoms. The zero-order chi connectivity index (χ0) is 14.4. The first-order chi connectivity index (χ1) is 8.99. The van der Waals surface area contributed by atoms with Crippen LogP contribution in [0.4, 0.5) is 14.5 Å². The van der Waals surface area contributed by atoms with Gasteiger partial charge in [0.05, 0.1) is 13.2 Å². The monoisotopic (exact) mass is 272 g/mol. The van der Waals surface area contributed by atoms with Crippen LogP contribution in [0, 0.1) is 6.92 Å². The van der Waals surface area contributed by atoms with Crippen LogP contribution in [0.5, 0.6) is 0 Å². The van der Waals surface area contributed by atoms with Gasteiger partial charge >= 0.3 is 0 Å². The number of aryl methyl sites for hydroxylation is 1. The SMILES string of the molecule is CNc1ccc(C(=O)N(CCO)CC(F)F)cc1C. The van der Waals surface area contributed by atoms with Gasteiger partial charge in [-0.3, -0.25) is 4.79 Å². The molecule has 0 heterocycles. The van der Waals surface area contributed by atoms with Crippen LogP contribution in [-0.2, 0) is 0 Å². The van der Waals surface area contributed by atoms with Crippen molar-refractivity contribution in [3.63, 3.8) is 0 Å². The molecule has 0 aliphatic heterocycles. The van der Waals surface area contributed by atoms with Gasteiger partial charge in [-0.15, -0.1) is 0 Å². The molecule has 106 valence electrons. The molecule has 1 aromatic rings. The van der Waals surface area contributed by atoms with E-state index in [2.05, 4.69) is 5.32 Å². The van der Waals surface area contributed by atoms with Crippen LogP contribution in [0.1, 0.15) is 15.9 Å². The second-order valence-electron chi connectivity index (χ2n) is 4.15. The van der Waals surface area contributed by atoms with Crippen molar-refractivity contribution in [3.05, 3.63) is 29.3 Å². The van der Waals surface area contributed by atoms with Gasteiger partial charge in [0.25, 0.3) is 12.3 Å². The Hall–Kier alpha value is -1.69. The molecule has 4 nitrogen and oxygen atoms in total. The van der Waals surface area contributed by atoms with Gasteiger partial charge in [-0.05, 0) is 30.7 Å². The van der Waals surface area contributed by atoms with E-state index in [1.807, 2.05) is 6.92 Å². The Kier molecular flexibility index (Phi) is 5.69. The number of halogens is 2. The number of aliphatic hydroxyl groups excluding tert-OH is 1. The largest absolute Gasteiger partial charge is 0.395 e. The van der Waals surface area contributed by atoms with E-state index in [0.29, 0.717) is 5.56 Å². The highest BCUT2D eigenvalue weighted by molar-refractivity contribution is 5.95. The fourth-order valence-corrected chi connectivity index (χ4v) is 1.82. The predicted octanol–water partition coefficient (Wildman–Crippen LogP) is 1.74. The molecular formula is C13H18F2N2O2. The minimum Gasteiger partial charge on any atom is -0.395 e. The van der Waals surface area contributed by atoms with Crippen molar-refractivity contribution in [2.75, 3.05) is 32.1 Å². The van der Waals surface area contributed by atoms with Gasteiger partial charge in [0.1, 0.15) is 0 Å². The number of benzene rings is 1. The minimum atomic E-state index is -2.62. The van der Waals surface area contributed by atoms with Crippen LogP contribution in [0.2, 0.25) is 0 Å². The summed E-state index contributed by atoms with van der Waals surface area (Å²) in [7, 11) is 1.76. The van der Waals surface area contributed by atoms with Crippen LogP contribution in [-0.4, -0.2) is 49.1 Å². The third-order valence-electron chi connectivity index (χ3n) is 2.76. The number of hydrogen-bond acceptors (Lipinski definition) is 3. The summed E-state index contributed by atoms with van der Waals surface area (Å²) >= 11 is 0. The number of aliphatic hydroxyl groups is 1. The maximum Gasteiger partial charge on any atom is 0.255 e. The van der Waals surface area contributed by atoms with E-state index in [9.17, 15) is 13.6 Å². The van der Waals surface area contributed by atoms with Crippen LogP contribution in [0.3, 0.4) is 0 Å². The number of amides is 1. The molecular weight excluding hydrogens is 254 g/mol. The topological polar surface area (TPSA) is 52.6 Å². The lowest BCUT2D eigenvalue weighted by molar-refractivity contribution is 0.0509. The molecule has 1 amide bonds. The number of alkyl halides is 2. The van der Waals surface area contributed by atoms with E-state index >= 15 is 0 Å². The Morgan fingerprint density at radius 2 is 2.16 bits per heavy atom. The lowest BCUT2D eigenvalue weighted by Crippen LogP contribution is -2.37. The molecule has 1 rings (SSSR count). The van der Waals surface area contributed by atoms with Crippen LogP contribution < -0.4 is 5.32 Å². The fourth-order valence-electron chi connectivity index (χ4n) is 1.82. The van der Waals surface area contributed by atoms with Gasteiger partial charge in [0.15, 0.2) is 0 Å². The number of rotatable bonds is 6. The summed E-state index contributed by atoms with van der Waals surface area (Å²) in [6.45, 7) is 0.709. The summed E-state index contributed by atoms with van der Waals surface area (Å²) < 4.78 is 24.8. The van der Waals surface area contributed by atoms with Gasteiger partial charge in [0.2, 0.25) is 0 Å². The summed E-state index contributed by atoms with van der Waals surface area (Å²) in [5.41, 5.74) is 2.07. The van der Waals surface area contributed by atoms with Crippen molar-refractivity contribution in [2.45, 2.75) is 13.3 Å². The maximum atomic E-state index is 12.4. The summed E-state index contributed by atoms with van der Waals surface area (Å²) in [6.07, 6.45) is -2.62. The highest BCUT2D eigenvalue weighted by Crippen LogP contribution is 2.17. The molecule has 0 aromatic heterocycles. The van der Waals surface area contributed by atoms with E-state index in [1.165, 1.54) is 0 Å². The molecule has 0 saturated heterocycles. The Balaban J connectivity index is 2.92. The summed E-state index contributed by atoms with van der Waals surface area (Å²) in [5, 5.41) is 11.8. The zero-order valence-electron chi connectivity index (χ0n) is 11.0. The molecule has 0 bridgehead atoms. The minimum absolute atomic E-state index is 0.101. The second kappa shape index (κ2) is 7.04. The summed E-state index contributed by atoms with van der Waals surface area (Å²) in [6, 6.07) is 4.95. The number of anilines is 1. The van der Waals surface area contributed by atoms with E-state index in [-0.39, 0.29) is 13.2 Å². The third-order valence-corrected chi connectivity index (χ3v) is 2.76. The van der Waals surface area contributed by atoms with Crippen molar-refractivity contribution < 1.29 is 18.7 Å². The number of nitrogens with zero attached hydrogens (tertiary/aromatic N) is 1. The van der Waals surface area contributed by atoms with Gasteiger partial charge in [-0.25, -0.2) is 8.78 Å². The highest BCUT2D eigenvalue weighted by Gasteiger charge is 2.19. The maximum absolute atomic E-state index is 12.4. The van der Waals surface area contributed by atoms with Crippen molar-refractivity contribution in [1.82, 2.24) is 4.90 Å². The molecule has 0 spiro atoms. The lowest BCUT2D eigenvalue weighted by Gasteiger charge is -2.21. The molecule has 0 radical (unpaired) electrons. The number of carbonyl (C=O) groups is 1. The number of hydrogen-bond donors (Lipinski definition) is 2. The van der Waals surface area contributed by atoms with E-state index in [4.69, 9.17) is 5.11 Å². The average molecular weight is 272 g/mol. The average Bonchev–Trinajstić information content (AvgIpc) is 2.36. The van der Waals surface area contributed by atoms with Crippen molar-refractivity contribution in [1.29, 1.82) is 0 Å². The lowest BCUT2D eigenvalue weighted by atomic mass is 10.1. The first kappa shape index (κ1) is 15.4. The second-order valence-corrected chi connectivity index (χ2v) is 4.15. The Bertz CT molecular complexity index is 439. The van der Waals surface area contributed by atoms with Crippen molar-refractivity contribution in [2.24, 2.45) is 0 Å². The van der Waals surface area contributed by atoms with E-state index in [1.54, 1.807) is 25.2 Å². The van der Waals surface area contributed by atoms with Gasteiger partial charge in [0, 0.05) is 24.8 Å². The van der Waals surface area contributed by atoms with Gasteiger partial charge < -0.3 is 15.3 Å². The third kappa shape index (κ3) is 4.17. The summed E-state index contributed by atoms with van der Waals surface area (Å²) in [5.74, 6) is -0.500. The molecule has 0 atom stereocenters. The molecule has 1 aromatic carbocycles. The molecule has 0 aliphatic carbocycles. The van der Waals surface area contributed by atoms with Crippen LogP contribution in [0.15, 0.2) is 18.2 Å². The molecule has 2 N–H and O–H groups in total. The first-order valence-electron chi connectivity index (χ1n) is 5.96. The standard InChI is InChI=1S/C13H18F2N2O2/c1-9-7-10(3-4-11(9)16-2)13(19)17(5-6-18)8-12(14)15/h3-4,7,12,16,18H,5-6,8H2,1-2H3. The van der Waals surface area contributed by atoms with Gasteiger partial charge in [-0.2, -0.15) is 0 Å². The molecule has 0 unspecified atom stereocenters. The number of nitrogens with one attached hydrogen (secondary N) is 1. The molecule has 0 saturated carbocycles. The molecule has 0 aliphatic rings. The quantitative estimate of drug-likeness (QED) is 0.829. The Morgan fingerprint density at radius 1 is 1.47 bits per heavy atom. The summed E-state index contributed by atoms with van der Waals surface area (Å²) in [4.78, 5) is 13.0. The van der Waals surface area contributed by atoms with Crippen molar-refractivity contribution >= 4 is 11.6 Å². The Morgan fingerprint density at radius 3 is 2.63 bits per heavy atom. The van der Waals surface area contributed by atoms with Gasteiger partial charge in [-0.1, -0.05) is 0 Å². The number of carbonyl (C=O) groups excluding carboxylic acids is 1. The predicted molar refractivity (Wildman–Crippen MR) is 69.7 cm³/mol. The fraction of sp³-hybridized carbons (Fsp3) is 0.462. The smallest absolute Gasteiger partial charge is 0.255 e.